The highest BCUT2D eigenvalue weighted by Crippen LogP contribution is 2.32. The number of hydrogen-bond acceptors (Lipinski definition) is 3. The van der Waals surface area contributed by atoms with Gasteiger partial charge in [0.25, 0.3) is 0 Å². The van der Waals surface area contributed by atoms with Gasteiger partial charge in [-0.15, -0.1) is 0 Å². The highest BCUT2D eigenvalue weighted by Gasteiger charge is 2.09. The van der Waals surface area contributed by atoms with Crippen molar-refractivity contribution in [2.75, 3.05) is 13.2 Å². The van der Waals surface area contributed by atoms with Crippen molar-refractivity contribution in [2.45, 2.75) is 13.8 Å². The molecule has 0 saturated carbocycles. The highest BCUT2D eigenvalue weighted by atomic mass is 79.9. The standard InChI is InChI=1S/C13H14BrNO2/c1-3-16-10-6-7-11(17-4-2)13-9(10)5-8-12(14)15-13/h5-8H,3-4H2,1-2H3. The number of benzene rings is 1. The van der Waals surface area contributed by atoms with Gasteiger partial charge in [-0.1, -0.05) is 0 Å². The van der Waals surface area contributed by atoms with Gasteiger partial charge in [0.05, 0.1) is 13.2 Å². The SMILES string of the molecule is CCOc1ccc(OCC)c2nc(Br)ccc12. The van der Waals surface area contributed by atoms with Crippen LogP contribution in [0.2, 0.25) is 0 Å². The van der Waals surface area contributed by atoms with E-state index in [1.54, 1.807) is 0 Å². The zero-order valence-electron chi connectivity index (χ0n) is 9.87. The summed E-state index contributed by atoms with van der Waals surface area (Å²) in [6, 6.07) is 7.71. The van der Waals surface area contributed by atoms with E-state index in [2.05, 4.69) is 20.9 Å². The van der Waals surface area contributed by atoms with Gasteiger partial charge in [-0.3, -0.25) is 0 Å². The molecule has 2 rings (SSSR count). The third kappa shape index (κ3) is 2.52. The molecule has 4 heteroatoms. The van der Waals surface area contributed by atoms with Crippen molar-refractivity contribution in [1.82, 2.24) is 4.98 Å². The highest BCUT2D eigenvalue weighted by molar-refractivity contribution is 9.10. The molecule has 0 saturated heterocycles. The van der Waals surface area contributed by atoms with Gasteiger partial charge in [-0.2, -0.15) is 0 Å². The first-order valence-electron chi connectivity index (χ1n) is 5.61. The monoisotopic (exact) mass is 295 g/mol. The first-order chi connectivity index (χ1) is 8.26. The van der Waals surface area contributed by atoms with Gasteiger partial charge in [-0.25, -0.2) is 4.98 Å². The second-order valence-corrected chi connectivity index (χ2v) is 4.27. The molecule has 1 heterocycles. The lowest BCUT2D eigenvalue weighted by molar-refractivity contribution is 0.336. The van der Waals surface area contributed by atoms with Crippen LogP contribution in [-0.2, 0) is 0 Å². The van der Waals surface area contributed by atoms with Crippen molar-refractivity contribution in [3.8, 4) is 11.5 Å². The summed E-state index contributed by atoms with van der Waals surface area (Å²) in [7, 11) is 0. The van der Waals surface area contributed by atoms with E-state index in [1.165, 1.54) is 0 Å². The zero-order valence-corrected chi connectivity index (χ0v) is 11.5. The van der Waals surface area contributed by atoms with E-state index in [1.807, 2.05) is 38.1 Å². The van der Waals surface area contributed by atoms with Gasteiger partial charge in [-0.05, 0) is 54.0 Å². The van der Waals surface area contributed by atoms with Crippen molar-refractivity contribution < 1.29 is 9.47 Å². The van der Waals surface area contributed by atoms with Crippen LogP contribution in [0.15, 0.2) is 28.9 Å². The predicted octanol–water partition coefficient (Wildman–Crippen LogP) is 3.79. The van der Waals surface area contributed by atoms with Gasteiger partial charge >= 0.3 is 0 Å². The van der Waals surface area contributed by atoms with Crippen LogP contribution in [-0.4, -0.2) is 18.2 Å². The van der Waals surface area contributed by atoms with E-state index in [0.29, 0.717) is 13.2 Å². The van der Waals surface area contributed by atoms with Crippen LogP contribution in [0.1, 0.15) is 13.8 Å². The lowest BCUT2D eigenvalue weighted by atomic mass is 10.2. The van der Waals surface area contributed by atoms with Crippen molar-refractivity contribution >= 4 is 26.8 Å². The Morgan fingerprint density at radius 3 is 2.35 bits per heavy atom. The molecule has 1 aromatic heterocycles. The predicted molar refractivity (Wildman–Crippen MR) is 71.8 cm³/mol. The summed E-state index contributed by atoms with van der Waals surface area (Å²) in [5.74, 6) is 1.62. The van der Waals surface area contributed by atoms with Crippen molar-refractivity contribution in [2.24, 2.45) is 0 Å². The van der Waals surface area contributed by atoms with Crippen LogP contribution in [0.25, 0.3) is 10.9 Å². The quantitative estimate of drug-likeness (QED) is 0.804. The minimum Gasteiger partial charge on any atom is -0.493 e. The minimum atomic E-state index is 0.622. The maximum atomic E-state index is 5.58. The van der Waals surface area contributed by atoms with Crippen LogP contribution < -0.4 is 9.47 Å². The summed E-state index contributed by atoms with van der Waals surface area (Å²) in [4.78, 5) is 4.45. The molecular weight excluding hydrogens is 282 g/mol. The molecule has 0 unspecified atom stereocenters. The van der Waals surface area contributed by atoms with Gasteiger partial charge in [0, 0.05) is 5.39 Å². The second-order valence-electron chi connectivity index (χ2n) is 3.46. The molecule has 0 aliphatic rings. The maximum Gasteiger partial charge on any atom is 0.145 e. The topological polar surface area (TPSA) is 31.4 Å². The van der Waals surface area contributed by atoms with E-state index in [4.69, 9.17) is 9.47 Å². The van der Waals surface area contributed by atoms with Crippen molar-refractivity contribution in [3.63, 3.8) is 0 Å². The average Bonchev–Trinajstić information content (AvgIpc) is 2.32. The number of ether oxygens (including phenoxy) is 2. The van der Waals surface area contributed by atoms with Gasteiger partial charge in [0.1, 0.15) is 21.6 Å². The fourth-order valence-corrected chi connectivity index (χ4v) is 2.00. The van der Waals surface area contributed by atoms with Gasteiger partial charge < -0.3 is 9.47 Å². The second kappa shape index (κ2) is 5.36. The Morgan fingerprint density at radius 1 is 1.00 bits per heavy atom. The van der Waals surface area contributed by atoms with Crippen LogP contribution in [0.3, 0.4) is 0 Å². The molecule has 3 nitrogen and oxygen atoms in total. The molecule has 0 spiro atoms. The molecule has 0 bridgehead atoms. The lowest BCUT2D eigenvalue weighted by Gasteiger charge is -2.11. The molecule has 90 valence electrons. The first-order valence-corrected chi connectivity index (χ1v) is 6.40. The molecule has 0 N–H and O–H groups in total. The Hall–Kier alpha value is -1.29. The Labute approximate surface area is 109 Å². The summed E-state index contributed by atoms with van der Waals surface area (Å²) < 4.78 is 11.9. The molecule has 0 aliphatic carbocycles. The Kier molecular flexibility index (Phi) is 3.84. The summed E-state index contributed by atoms with van der Waals surface area (Å²) in [6.45, 7) is 5.19. The zero-order chi connectivity index (χ0) is 12.3. The van der Waals surface area contributed by atoms with E-state index >= 15 is 0 Å². The Balaban J connectivity index is 2.62. The Morgan fingerprint density at radius 2 is 1.65 bits per heavy atom. The molecule has 0 amide bonds. The first kappa shape index (κ1) is 12.2. The summed E-state index contributed by atoms with van der Waals surface area (Å²) in [6.07, 6.45) is 0. The molecule has 0 aliphatic heterocycles. The van der Waals surface area contributed by atoms with Crippen LogP contribution in [0, 0.1) is 0 Å². The van der Waals surface area contributed by atoms with E-state index in [0.717, 1.165) is 27.0 Å². The number of nitrogens with zero attached hydrogens (tertiary/aromatic N) is 1. The molecule has 0 fully saturated rings. The molecule has 2 aromatic rings. The van der Waals surface area contributed by atoms with Crippen molar-refractivity contribution in [1.29, 1.82) is 0 Å². The van der Waals surface area contributed by atoms with E-state index in [9.17, 15) is 0 Å². The normalized spacial score (nSPS) is 10.5. The van der Waals surface area contributed by atoms with E-state index in [-0.39, 0.29) is 0 Å². The summed E-state index contributed by atoms with van der Waals surface area (Å²) >= 11 is 3.37. The summed E-state index contributed by atoms with van der Waals surface area (Å²) in [5.41, 5.74) is 0.826. The largest absolute Gasteiger partial charge is 0.493 e. The number of pyridine rings is 1. The number of halogens is 1. The van der Waals surface area contributed by atoms with Crippen molar-refractivity contribution in [3.05, 3.63) is 28.9 Å². The fourth-order valence-electron chi connectivity index (χ4n) is 1.70. The lowest BCUT2D eigenvalue weighted by Crippen LogP contribution is -1.97. The number of rotatable bonds is 4. The minimum absolute atomic E-state index is 0.622. The third-order valence-corrected chi connectivity index (χ3v) is 2.79. The molecule has 1 aromatic carbocycles. The third-order valence-electron chi connectivity index (χ3n) is 2.35. The molecule has 0 radical (unpaired) electrons. The van der Waals surface area contributed by atoms with Crippen LogP contribution in [0.4, 0.5) is 0 Å². The number of hydrogen-bond donors (Lipinski definition) is 0. The fraction of sp³-hybridized carbons (Fsp3) is 0.308. The van der Waals surface area contributed by atoms with Gasteiger partial charge in [0.2, 0.25) is 0 Å². The van der Waals surface area contributed by atoms with Gasteiger partial charge in [0.15, 0.2) is 0 Å². The van der Waals surface area contributed by atoms with E-state index < -0.39 is 0 Å². The van der Waals surface area contributed by atoms with Crippen LogP contribution in [0.5, 0.6) is 11.5 Å². The molecular formula is C13H14BrNO2. The maximum absolute atomic E-state index is 5.58. The molecule has 0 atom stereocenters. The molecule has 17 heavy (non-hydrogen) atoms. The summed E-state index contributed by atoms with van der Waals surface area (Å²) in [5, 5.41) is 0.973. The number of aromatic nitrogens is 1. The Bertz CT molecular complexity index is 528. The number of fused-ring (bicyclic) bond motifs is 1. The average molecular weight is 296 g/mol. The van der Waals surface area contributed by atoms with Crippen LogP contribution >= 0.6 is 15.9 Å². The smallest absolute Gasteiger partial charge is 0.145 e.